The average Bonchev–Trinajstić information content (AvgIpc) is 3.66. The molecule has 1 spiro atoms. The van der Waals surface area contributed by atoms with Gasteiger partial charge in [-0.05, 0) is 63.3 Å². The number of aromatic hydroxyl groups is 1. The molecule has 2 N–H and O–H groups in total. The summed E-state index contributed by atoms with van der Waals surface area (Å²) in [7, 11) is 0. The van der Waals surface area contributed by atoms with E-state index in [2.05, 4.69) is 30.4 Å². The summed E-state index contributed by atoms with van der Waals surface area (Å²) < 4.78 is 57.5. The third-order valence-corrected chi connectivity index (χ3v) is 10.2. The van der Waals surface area contributed by atoms with Crippen LogP contribution in [0.2, 0.25) is 5.02 Å². The smallest absolute Gasteiger partial charge is 0.416 e. The molecule has 5 aromatic rings. The molecule has 0 saturated carbocycles. The number of fused-ring (bicyclic) bond motifs is 3. The molecule has 0 unspecified atom stereocenters. The lowest BCUT2D eigenvalue weighted by Crippen LogP contribution is -2.46. The molecule has 2 aliphatic rings. The lowest BCUT2D eigenvalue weighted by Gasteiger charge is -2.39. The molecule has 18 heteroatoms. The van der Waals surface area contributed by atoms with E-state index in [4.69, 9.17) is 11.6 Å². The van der Waals surface area contributed by atoms with Crippen LogP contribution in [0.15, 0.2) is 41.6 Å². The van der Waals surface area contributed by atoms with E-state index in [0.29, 0.717) is 36.6 Å². The Kier molecular flexibility index (Phi) is 8.51. The van der Waals surface area contributed by atoms with E-state index < -0.39 is 46.9 Å². The summed E-state index contributed by atoms with van der Waals surface area (Å²) in [6.45, 7) is 4.92. The van der Waals surface area contributed by atoms with Crippen LogP contribution in [0.3, 0.4) is 0 Å². The van der Waals surface area contributed by atoms with Gasteiger partial charge in [-0.15, -0.1) is 5.10 Å². The summed E-state index contributed by atoms with van der Waals surface area (Å²) in [6.07, 6.45) is -0.866. The van der Waals surface area contributed by atoms with Crippen molar-refractivity contribution in [3.05, 3.63) is 91.9 Å². The van der Waals surface area contributed by atoms with Crippen molar-refractivity contribution in [2.45, 2.75) is 64.1 Å². The van der Waals surface area contributed by atoms with E-state index >= 15 is 4.39 Å². The van der Waals surface area contributed by atoms with Crippen LogP contribution in [0, 0.1) is 19.7 Å². The summed E-state index contributed by atoms with van der Waals surface area (Å²) in [5.41, 5.74) is -1.22. The number of pyridine rings is 1. The van der Waals surface area contributed by atoms with Crippen LogP contribution in [0.4, 0.5) is 23.2 Å². The molecule has 0 radical (unpaired) electrons. The van der Waals surface area contributed by atoms with Crippen molar-refractivity contribution in [2.75, 3.05) is 18.4 Å². The van der Waals surface area contributed by atoms with Crippen molar-refractivity contribution in [1.82, 2.24) is 39.0 Å². The Morgan fingerprint density at radius 1 is 1.10 bits per heavy atom. The van der Waals surface area contributed by atoms with Crippen LogP contribution in [-0.2, 0) is 22.9 Å². The molecule has 1 fully saturated rings. The van der Waals surface area contributed by atoms with Crippen molar-refractivity contribution in [1.29, 1.82) is 0 Å². The molecule has 1 aliphatic carbocycles. The number of likely N-dealkylation sites (tertiary alicyclic amines) is 1. The number of amides is 2. The van der Waals surface area contributed by atoms with Crippen LogP contribution in [0.25, 0.3) is 17.2 Å². The topological polar surface area (TPSA) is 160 Å². The molecule has 13 nitrogen and oxygen atoms in total. The number of carbonyl (C=O) groups is 2. The maximum atomic E-state index is 15.2. The molecule has 270 valence electrons. The summed E-state index contributed by atoms with van der Waals surface area (Å²) in [5.74, 6) is -2.63. The number of hydrogen-bond acceptors (Lipinski definition) is 9. The highest BCUT2D eigenvalue weighted by molar-refractivity contribution is 6.33. The number of aromatic nitrogens is 7. The zero-order chi connectivity index (χ0) is 37.3. The standard InChI is InChI=1S/C34H30ClF4N9O4/c1-16-13-33(7-10-46(11-8-33)31(52)26-28(50)18(3)41-15-42-26)24-27(16)47(14-23(49)43-22-5-4-19(12-21(22)35)34(37,38)39)32-44-29(45-48(32)30(24)51)20-6-9-40-17(2)25(20)36/h4-6,9,12,15-16,50H,7-8,10-11,13-14H2,1-3H3,(H,43,49)/t16-/m1/s1. The molecule has 1 saturated heterocycles. The first-order valence-corrected chi connectivity index (χ1v) is 16.6. The van der Waals surface area contributed by atoms with E-state index in [0.717, 1.165) is 16.6 Å². The lowest BCUT2D eigenvalue weighted by atomic mass is 9.73. The zero-order valence-electron chi connectivity index (χ0n) is 27.9. The second kappa shape index (κ2) is 12.6. The predicted molar refractivity (Wildman–Crippen MR) is 179 cm³/mol. The number of aryl methyl sites for hydroxylation is 2. The summed E-state index contributed by atoms with van der Waals surface area (Å²) in [5, 5.41) is 17.1. The van der Waals surface area contributed by atoms with Crippen molar-refractivity contribution < 1.29 is 32.3 Å². The van der Waals surface area contributed by atoms with Crippen molar-refractivity contribution in [3.63, 3.8) is 0 Å². The first kappa shape index (κ1) is 35.0. The fraction of sp³-hybridized carbons (Fsp3) is 0.353. The Bertz CT molecular complexity index is 2350. The molecule has 52 heavy (non-hydrogen) atoms. The van der Waals surface area contributed by atoms with Gasteiger partial charge in [0.25, 0.3) is 11.5 Å². The van der Waals surface area contributed by atoms with E-state index in [1.807, 2.05) is 6.92 Å². The molecular formula is C34H30ClF4N9O4. The van der Waals surface area contributed by atoms with Crippen LogP contribution >= 0.6 is 11.6 Å². The van der Waals surface area contributed by atoms with Gasteiger partial charge in [-0.2, -0.15) is 22.7 Å². The number of alkyl halides is 3. The molecule has 2 amide bonds. The highest BCUT2D eigenvalue weighted by Crippen LogP contribution is 2.50. The number of piperidine rings is 1. The molecule has 5 heterocycles. The van der Waals surface area contributed by atoms with E-state index in [-0.39, 0.29) is 69.7 Å². The SMILES string of the molecule is Cc1ncnc(C(=O)N2CCC3(CC2)C[C@@H](C)c2c3c(=O)n3nc(-c4ccnc(C)c4F)nc3n2CC(=O)Nc2ccc(C(F)(F)F)cc2Cl)c1O. The quantitative estimate of drug-likeness (QED) is 0.231. The van der Waals surface area contributed by atoms with Gasteiger partial charge in [-0.1, -0.05) is 18.5 Å². The Balaban J connectivity index is 1.29. The monoisotopic (exact) mass is 739 g/mol. The molecule has 1 atom stereocenters. The van der Waals surface area contributed by atoms with Crippen molar-refractivity contribution in [2.24, 2.45) is 0 Å². The van der Waals surface area contributed by atoms with Gasteiger partial charge in [-0.25, -0.2) is 14.4 Å². The minimum absolute atomic E-state index is 0.0129. The first-order chi connectivity index (χ1) is 24.6. The highest BCUT2D eigenvalue weighted by atomic mass is 35.5. The third-order valence-electron chi connectivity index (χ3n) is 9.87. The van der Waals surface area contributed by atoms with Gasteiger partial charge in [0.1, 0.15) is 12.9 Å². The predicted octanol–water partition coefficient (Wildman–Crippen LogP) is 5.20. The van der Waals surface area contributed by atoms with Crippen LogP contribution in [0.5, 0.6) is 5.75 Å². The molecule has 0 bridgehead atoms. The number of benzene rings is 1. The summed E-state index contributed by atoms with van der Waals surface area (Å²) >= 11 is 6.12. The molecule has 1 aromatic carbocycles. The number of nitrogens with zero attached hydrogens (tertiary/aromatic N) is 8. The maximum Gasteiger partial charge on any atom is 0.416 e. The van der Waals surface area contributed by atoms with Crippen LogP contribution in [-0.4, -0.2) is 69.0 Å². The maximum absolute atomic E-state index is 15.2. The fourth-order valence-electron chi connectivity index (χ4n) is 7.35. The zero-order valence-corrected chi connectivity index (χ0v) is 28.7. The summed E-state index contributed by atoms with van der Waals surface area (Å²) in [6, 6.07) is 3.92. The largest absolute Gasteiger partial charge is 0.504 e. The Morgan fingerprint density at radius 2 is 1.83 bits per heavy atom. The van der Waals surface area contributed by atoms with Gasteiger partial charge in [-0.3, -0.25) is 19.4 Å². The number of carbonyl (C=O) groups excluding carboxylic acids is 2. The van der Waals surface area contributed by atoms with Gasteiger partial charge in [0.15, 0.2) is 23.1 Å². The molecule has 4 aromatic heterocycles. The molecule has 1 aliphatic heterocycles. The second-order valence-electron chi connectivity index (χ2n) is 13.1. The van der Waals surface area contributed by atoms with Gasteiger partial charge < -0.3 is 19.9 Å². The van der Waals surface area contributed by atoms with Gasteiger partial charge in [0, 0.05) is 36.0 Å². The van der Waals surface area contributed by atoms with E-state index in [9.17, 15) is 32.7 Å². The Morgan fingerprint density at radius 3 is 2.52 bits per heavy atom. The number of rotatable bonds is 5. The van der Waals surface area contributed by atoms with E-state index in [1.165, 1.54) is 30.1 Å². The van der Waals surface area contributed by atoms with Crippen LogP contribution in [0.1, 0.15) is 70.8 Å². The van der Waals surface area contributed by atoms with Gasteiger partial charge in [0.2, 0.25) is 11.7 Å². The number of hydrogen-bond donors (Lipinski definition) is 2. The van der Waals surface area contributed by atoms with Gasteiger partial charge >= 0.3 is 6.18 Å². The lowest BCUT2D eigenvalue weighted by molar-refractivity contribution is -0.137. The fourth-order valence-corrected chi connectivity index (χ4v) is 7.58. The second-order valence-corrected chi connectivity index (χ2v) is 13.5. The van der Waals surface area contributed by atoms with Gasteiger partial charge in [0.05, 0.1) is 33.2 Å². The summed E-state index contributed by atoms with van der Waals surface area (Å²) in [4.78, 5) is 59.3. The Hall–Kier alpha value is -5.45. The number of halogens is 5. The minimum Gasteiger partial charge on any atom is -0.504 e. The first-order valence-electron chi connectivity index (χ1n) is 16.2. The molecule has 7 rings (SSSR count). The minimum atomic E-state index is -4.64. The number of anilines is 1. The van der Waals surface area contributed by atoms with Crippen LogP contribution < -0.4 is 10.9 Å². The Labute approximate surface area is 297 Å². The normalized spacial score (nSPS) is 16.8. The average molecular weight is 740 g/mol. The highest BCUT2D eigenvalue weighted by Gasteiger charge is 2.49. The number of nitrogens with one attached hydrogen (secondary N) is 1. The van der Waals surface area contributed by atoms with E-state index in [1.54, 1.807) is 11.8 Å². The molecular weight excluding hydrogens is 710 g/mol. The van der Waals surface area contributed by atoms with Crippen molar-refractivity contribution >= 4 is 34.9 Å². The third kappa shape index (κ3) is 5.81. The van der Waals surface area contributed by atoms with Crippen molar-refractivity contribution in [3.8, 4) is 17.1 Å².